The van der Waals surface area contributed by atoms with Crippen molar-refractivity contribution in [3.63, 3.8) is 0 Å². The summed E-state index contributed by atoms with van der Waals surface area (Å²) in [5.41, 5.74) is 1.90. The Balaban J connectivity index is -0.000000385. The Labute approximate surface area is 395 Å². The van der Waals surface area contributed by atoms with Gasteiger partial charge in [-0.15, -0.1) is 0 Å². The van der Waals surface area contributed by atoms with Crippen LogP contribution in [0, 0.1) is 107 Å². The van der Waals surface area contributed by atoms with Crippen molar-refractivity contribution in [1.29, 1.82) is 0 Å². The largest absolute Gasteiger partial charge is 3.00 e. The van der Waals surface area contributed by atoms with Crippen LogP contribution in [0.25, 0.3) is 0 Å². The summed E-state index contributed by atoms with van der Waals surface area (Å²) in [6, 6.07) is 19.4. The van der Waals surface area contributed by atoms with Gasteiger partial charge in [0.15, 0.2) is 0 Å². The van der Waals surface area contributed by atoms with Crippen LogP contribution in [0.2, 0.25) is 0 Å². The third-order valence-corrected chi connectivity index (χ3v) is 6.14. The van der Waals surface area contributed by atoms with Crippen LogP contribution in [0.1, 0.15) is 36.1 Å². The van der Waals surface area contributed by atoms with Gasteiger partial charge in [-0.05, 0) is 72.5 Å². The minimum atomic E-state index is -1.75. The Kier molecular flexibility index (Phi) is 38.2. The normalized spacial score (nSPS) is 9.24. The number of hydrogen-bond donors (Lipinski definition) is 2. The first-order chi connectivity index (χ1) is 26.8. The Hall–Kier alpha value is -4.51. The maximum absolute atomic E-state index is 12.1. The van der Waals surface area contributed by atoms with Gasteiger partial charge in [0.05, 0.1) is 50.7 Å². The monoisotopic (exact) mass is 1110 g/mol. The number of aliphatic hydroxyl groups excluding tert-OH is 2. The van der Waals surface area contributed by atoms with Crippen molar-refractivity contribution in [2.24, 2.45) is 9.98 Å². The molecule has 4 rings (SSSR count). The summed E-state index contributed by atoms with van der Waals surface area (Å²) in [7, 11) is 5.06. The molecule has 58 heavy (non-hydrogen) atoms. The van der Waals surface area contributed by atoms with Crippen LogP contribution in [0.3, 0.4) is 0 Å². The molecule has 0 amide bonds. The molecule has 4 aromatic rings. The molecule has 0 spiro atoms. The van der Waals surface area contributed by atoms with Gasteiger partial charge in [-0.1, -0.05) is 59.4 Å². The molecular formula is C36H42Dy2N4O16. The van der Waals surface area contributed by atoms with E-state index in [2.05, 4.69) is 9.98 Å². The summed E-state index contributed by atoms with van der Waals surface area (Å²) in [5, 5.41) is 91.1. The SMILES string of the molecule is CCOc1cccc(CN=Cc2cc(OC)ccc2[O-])c1[O-].CCOc1cccc(CN=Cc2cc(OC)ccc2[O-])c1[O-].CO.CO.O=[N+]([O-])[O-].O=[N+]([O-])[O-].[Dy+3].[Dy+3]. The van der Waals surface area contributed by atoms with Crippen molar-refractivity contribution >= 4 is 12.4 Å². The van der Waals surface area contributed by atoms with Gasteiger partial charge in [0.2, 0.25) is 0 Å². The van der Waals surface area contributed by atoms with E-state index in [9.17, 15) is 20.4 Å². The number of aliphatic hydroxyl groups is 2. The van der Waals surface area contributed by atoms with E-state index in [4.69, 9.17) is 59.8 Å². The standard InChI is InChI=1S/2C17H19NO4.2CH4O.2Dy.2NO3/c2*1-3-22-16-6-4-5-12(17(16)20)10-18-11-13-9-14(21-2)7-8-15(13)19;2*1-2;;;2*2-1(3)4/h2*4-9,11,19-20H,3,10H2,1-2H3;2*2H,1H3;;;;/q;;;;2*+3;2*-1/p-4. The van der Waals surface area contributed by atoms with Gasteiger partial charge in [0.1, 0.15) is 23.0 Å². The van der Waals surface area contributed by atoms with E-state index in [0.29, 0.717) is 58.5 Å². The second-order valence-corrected chi connectivity index (χ2v) is 9.55. The minimum absolute atomic E-state index is 0. The van der Waals surface area contributed by atoms with E-state index in [1.54, 1.807) is 60.7 Å². The fourth-order valence-corrected chi connectivity index (χ4v) is 3.90. The Morgan fingerprint density at radius 1 is 0.586 bits per heavy atom. The molecule has 4 aromatic carbocycles. The molecule has 20 nitrogen and oxygen atoms in total. The van der Waals surface area contributed by atoms with Gasteiger partial charge >= 0.3 is 76.3 Å². The Morgan fingerprint density at radius 2 is 0.897 bits per heavy atom. The number of rotatable bonds is 12. The van der Waals surface area contributed by atoms with E-state index in [0.717, 1.165) is 14.2 Å². The number of aliphatic imine (C=N–C) groups is 2. The fourth-order valence-electron chi connectivity index (χ4n) is 3.90. The van der Waals surface area contributed by atoms with E-state index < -0.39 is 10.2 Å². The number of methoxy groups -OCH3 is 2. The first-order valence-electron chi connectivity index (χ1n) is 15.8. The second kappa shape index (κ2) is 36.8. The molecular weight excluding hydrogens is 1070 g/mol. The van der Waals surface area contributed by atoms with E-state index in [1.807, 2.05) is 13.8 Å². The summed E-state index contributed by atoms with van der Waals surface area (Å²) < 4.78 is 20.7. The van der Waals surface area contributed by atoms with Crippen molar-refractivity contribution in [3.8, 4) is 46.0 Å². The van der Waals surface area contributed by atoms with Gasteiger partial charge in [0, 0.05) is 26.6 Å². The molecule has 2 radical (unpaired) electrons. The summed E-state index contributed by atoms with van der Waals surface area (Å²) in [6.07, 6.45) is 2.91. The third-order valence-electron chi connectivity index (χ3n) is 6.14. The van der Waals surface area contributed by atoms with Crippen LogP contribution in [-0.2, 0) is 13.1 Å². The van der Waals surface area contributed by atoms with Crippen LogP contribution >= 0.6 is 0 Å². The zero-order valence-electron chi connectivity index (χ0n) is 31.9. The Morgan fingerprint density at radius 3 is 1.17 bits per heavy atom. The molecule has 0 fully saturated rings. The molecule has 2 N–H and O–H groups in total. The molecule has 0 atom stereocenters. The second-order valence-electron chi connectivity index (χ2n) is 9.55. The number of nitrogens with zero attached hydrogens (tertiary/aromatic N) is 4. The van der Waals surface area contributed by atoms with E-state index in [-0.39, 0.29) is 112 Å². The fraction of sp³-hybridized carbons (Fsp3) is 0.278. The van der Waals surface area contributed by atoms with Crippen molar-refractivity contribution in [2.45, 2.75) is 26.9 Å². The number of hydrogen-bond acceptors (Lipinski definition) is 18. The van der Waals surface area contributed by atoms with Gasteiger partial charge in [-0.2, -0.15) is 0 Å². The van der Waals surface area contributed by atoms with Crippen molar-refractivity contribution < 1.29 is 136 Å². The maximum Gasteiger partial charge on any atom is 3.00 e. The summed E-state index contributed by atoms with van der Waals surface area (Å²) in [6.45, 7) is 4.90. The number of para-hydroxylation sites is 2. The van der Waals surface area contributed by atoms with E-state index >= 15 is 0 Å². The van der Waals surface area contributed by atoms with Gasteiger partial charge in [-0.25, -0.2) is 0 Å². The van der Waals surface area contributed by atoms with E-state index in [1.165, 1.54) is 38.8 Å². The van der Waals surface area contributed by atoms with Gasteiger partial charge in [-0.3, -0.25) is 9.98 Å². The molecule has 22 heteroatoms. The predicted molar refractivity (Wildman–Crippen MR) is 199 cm³/mol. The summed E-state index contributed by atoms with van der Waals surface area (Å²) in [5.74, 6) is 1.18. The molecule has 0 aliphatic heterocycles. The molecule has 0 heterocycles. The first kappa shape index (κ1) is 60.2. The van der Waals surface area contributed by atoms with Gasteiger partial charge < -0.3 is 80.2 Å². The molecule has 0 bridgehead atoms. The van der Waals surface area contributed by atoms with Crippen LogP contribution in [0.4, 0.5) is 0 Å². The zero-order chi connectivity index (χ0) is 43.1. The molecule has 322 valence electrons. The zero-order valence-corrected chi connectivity index (χ0v) is 36.0. The Bertz CT molecular complexity index is 1660. The molecule has 0 aromatic heterocycles. The molecule has 0 aliphatic carbocycles. The first-order valence-corrected chi connectivity index (χ1v) is 15.8. The summed E-state index contributed by atoms with van der Waals surface area (Å²) >= 11 is 0. The predicted octanol–water partition coefficient (Wildman–Crippen LogP) is 2.46. The van der Waals surface area contributed by atoms with Crippen molar-refractivity contribution in [3.05, 3.63) is 126 Å². The smallest absolute Gasteiger partial charge is 0.872 e. The average molecular weight is 1110 g/mol. The molecule has 0 saturated heterocycles. The van der Waals surface area contributed by atoms with Crippen LogP contribution < -0.4 is 39.4 Å². The average Bonchev–Trinajstić information content (AvgIpc) is 3.17. The van der Waals surface area contributed by atoms with Crippen LogP contribution in [0.15, 0.2) is 82.8 Å². The van der Waals surface area contributed by atoms with Crippen LogP contribution in [0.5, 0.6) is 46.0 Å². The van der Waals surface area contributed by atoms with Crippen molar-refractivity contribution in [2.75, 3.05) is 41.7 Å². The van der Waals surface area contributed by atoms with Crippen molar-refractivity contribution in [1.82, 2.24) is 0 Å². The topological polar surface area (TPSA) is 327 Å². The van der Waals surface area contributed by atoms with Crippen LogP contribution in [-0.4, -0.2) is 74.5 Å². The number of ether oxygens (including phenoxy) is 4. The molecule has 0 saturated carbocycles. The summed E-state index contributed by atoms with van der Waals surface area (Å²) in [4.78, 5) is 24.8. The third kappa shape index (κ3) is 25.7. The minimum Gasteiger partial charge on any atom is -0.872 e. The maximum atomic E-state index is 12.1. The quantitative estimate of drug-likeness (QED) is 0.117. The molecule has 0 unspecified atom stereocenters. The molecule has 0 aliphatic rings. The number of benzene rings is 4. The van der Waals surface area contributed by atoms with Gasteiger partial charge in [0.25, 0.3) is 0 Å².